The summed E-state index contributed by atoms with van der Waals surface area (Å²) in [6.07, 6.45) is 1.68. The minimum Gasteiger partial charge on any atom is -0.489 e. The van der Waals surface area contributed by atoms with Gasteiger partial charge in [0.25, 0.3) is 5.91 Å². The lowest BCUT2D eigenvalue weighted by Gasteiger charge is -2.08. The molecule has 0 atom stereocenters. The molecule has 126 valence electrons. The Morgan fingerprint density at radius 1 is 1.04 bits per heavy atom. The quantitative estimate of drug-likeness (QED) is 0.571. The molecule has 4 nitrogen and oxygen atoms in total. The van der Waals surface area contributed by atoms with Gasteiger partial charge in [-0.05, 0) is 54.6 Å². The number of halogens is 2. The van der Waals surface area contributed by atoms with E-state index >= 15 is 0 Å². The molecule has 0 saturated heterocycles. The van der Waals surface area contributed by atoms with Gasteiger partial charge in [0.15, 0.2) is 0 Å². The van der Waals surface area contributed by atoms with Gasteiger partial charge in [-0.2, -0.15) is 0 Å². The van der Waals surface area contributed by atoms with Crippen LogP contribution in [0.1, 0.15) is 15.9 Å². The molecule has 0 aliphatic rings. The molecular weight excluding hydrogens is 404 g/mol. The van der Waals surface area contributed by atoms with Crippen molar-refractivity contribution in [3.05, 3.63) is 87.6 Å². The molecule has 0 aliphatic carbocycles. The third kappa shape index (κ3) is 5.05. The Labute approximate surface area is 158 Å². The summed E-state index contributed by atoms with van der Waals surface area (Å²) in [5.41, 5.74) is 2.23. The van der Waals surface area contributed by atoms with Gasteiger partial charge in [0.2, 0.25) is 0 Å². The van der Waals surface area contributed by atoms with Crippen molar-refractivity contribution in [3.8, 4) is 5.75 Å². The van der Waals surface area contributed by atoms with Gasteiger partial charge in [0, 0.05) is 27.5 Å². The van der Waals surface area contributed by atoms with Crippen LogP contribution in [0.2, 0.25) is 5.15 Å². The maximum Gasteiger partial charge on any atom is 0.255 e. The fraction of sp³-hybridized carbons (Fsp3) is 0.0526. The van der Waals surface area contributed by atoms with E-state index < -0.39 is 0 Å². The molecule has 0 fully saturated rings. The van der Waals surface area contributed by atoms with Crippen molar-refractivity contribution in [2.24, 2.45) is 0 Å². The molecule has 3 rings (SSSR count). The highest BCUT2D eigenvalue weighted by atomic mass is 79.9. The van der Waals surface area contributed by atoms with Crippen LogP contribution in [0.5, 0.6) is 5.75 Å². The number of hydrogen-bond acceptors (Lipinski definition) is 3. The Morgan fingerprint density at radius 3 is 2.40 bits per heavy atom. The smallest absolute Gasteiger partial charge is 0.255 e. The molecule has 0 saturated carbocycles. The molecule has 2 aromatic carbocycles. The topological polar surface area (TPSA) is 51.2 Å². The van der Waals surface area contributed by atoms with E-state index in [0.717, 1.165) is 10.0 Å². The van der Waals surface area contributed by atoms with E-state index in [-0.39, 0.29) is 5.91 Å². The van der Waals surface area contributed by atoms with Crippen molar-refractivity contribution in [3.63, 3.8) is 0 Å². The van der Waals surface area contributed by atoms with E-state index in [0.29, 0.717) is 28.8 Å². The number of carbonyl (C=O) groups is 1. The van der Waals surface area contributed by atoms with Gasteiger partial charge in [0.1, 0.15) is 17.5 Å². The number of ether oxygens (including phenoxy) is 1. The first-order valence-electron chi connectivity index (χ1n) is 7.50. The van der Waals surface area contributed by atoms with Crippen molar-refractivity contribution in [2.45, 2.75) is 6.61 Å². The van der Waals surface area contributed by atoms with Gasteiger partial charge in [-0.15, -0.1) is 0 Å². The molecule has 3 aromatic rings. The van der Waals surface area contributed by atoms with E-state index in [1.54, 1.807) is 48.7 Å². The van der Waals surface area contributed by atoms with Gasteiger partial charge in [0.05, 0.1) is 0 Å². The summed E-state index contributed by atoms with van der Waals surface area (Å²) in [5.74, 6) is 0.546. The van der Waals surface area contributed by atoms with Crippen LogP contribution in [0.15, 0.2) is 71.3 Å². The summed E-state index contributed by atoms with van der Waals surface area (Å²) in [5, 5.41) is 3.30. The van der Waals surface area contributed by atoms with E-state index in [4.69, 9.17) is 16.3 Å². The highest BCUT2D eigenvalue weighted by molar-refractivity contribution is 9.10. The van der Waals surface area contributed by atoms with Gasteiger partial charge >= 0.3 is 0 Å². The largest absolute Gasteiger partial charge is 0.489 e. The first-order chi connectivity index (χ1) is 12.1. The molecule has 1 N–H and O–H groups in total. The van der Waals surface area contributed by atoms with Crippen LogP contribution in [0.3, 0.4) is 0 Å². The lowest BCUT2D eigenvalue weighted by molar-refractivity contribution is 0.102. The number of carbonyl (C=O) groups excluding carboxylic acids is 1. The number of amides is 1. The van der Waals surface area contributed by atoms with Crippen molar-refractivity contribution in [2.75, 3.05) is 5.32 Å². The molecule has 0 spiro atoms. The number of pyridine rings is 1. The molecule has 0 aliphatic heterocycles. The van der Waals surface area contributed by atoms with Crippen molar-refractivity contribution in [1.82, 2.24) is 4.98 Å². The number of aromatic nitrogens is 1. The predicted molar refractivity (Wildman–Crippen MR) is 102 cm³/mol. The van der Waals surface area contributed by atoms with Crippen LogP contribution in [0, 0.1) is 0 Å². The van der Waals surface area contributed by atoms with Gasteiger partial charge in [-0.25, -0.2) is 4.98 Å². The summed E-state index contributed by atoms with van der Waals surface area (Å²) < 4.78 is 6.62. The van der Waals surface area contributed by atoms with Crippen LogP contribution >= 0.6 is 27.5 Å². The minimum atomic E-state index is -0.159. The Morgan fingerprint density at radius 2 is 1.76 bits per heavy atom. The zero-order valence-electron chi connectivity index (χ0n) is 13.1. The van der Waals surface area contributed by atoms with E-state index in [2.05, 4.69) is 26.2 Å². The fourth-order valence-corrected chi connectivity index (χ4v) is 2.47. The normalized spacial score (nSPS) is 10.3. The molecule has 0 radical (unpaired) electrons. The SMILES string of the molecule is O=C(Nc1ccc(OCc2ccc(Cl)nc2)cc1)c1ccc(Br)cc1. The average molecular weight is 418 g/mol. The number of anilines is 1. The highest BCUT2D eigenvalue weighted by Gasteiger charge is 2.06. The zero-order chi connectivity index (χ0) is 17.6. The van der Waals surface area contributed by atoms with E-state index in [9.17, 15) is 4.79 Å². The van der Waals surface area contributed by atoms with E-state index in [1.807, 2.05) is 18.2 Å². The second-order valence-corrected chi connectivity index (χ2v) is 6.57. The Kier molecular flexibility index (Phi) is 5.68. The van der Waals surface area contributed by atoms with Crippen LogP contribution in [-0.4, -0.2) is 10.9 Å². The lowest BCUT2D eigenvalue weighted by atomic mass is 10.2. The summed E-state index contributed by atoms with van der Waals surface area (Å²) in [4.78, 5) is 16.2. The van der Waals surface area contributed by atoms with Crippen molar-refractivity contribution in [1.29, 1.82) is 0 Å². The summed E-state index contributed by atoms with van der Waals surface area (Å²) >= 11 is 9.10. The summed E-state index contributed by atoms with van der Waals surface area (Å²) in [6, 6.07) is 18.0. The molecule has 0 bridgehead atoms. The standard InChI is InChI=1S/C19H14BrClN2O2/c20-15-4-2-14(3-5-15)19(24)23-16-6-8-17(9-7-16)25-12-13-1-10-18(21)22-11-13/h1-11H,12H2,(H,23,24). The van der Waals surface area contributed by atoms with Crippen molar-refractivity contribution >= 4 is 39.1 Å². The highest BCUT2D eigenvalue weighted by Crippen LogP contribution is 2.18. The maximum atomic E-state index is 12.2. The fourth-order valence-electron chi connectivity index (χ4n) is 2.10. The molecule has 1 amide bonds. The molecule has 6 heteroatoms. The Hall–Kier alpha value is -2.37. The third-order valence-corrected chi connectivity index (χ3v) is 4.16. The first-order valence-corrected chi connectivity index (χ1v) is 8.67. The van der Waals surface area contributed by atoms with Crippen molar-refractivity contribution < 1.29 is 9.53 Å². The number of nitrogens with one attached hydrogen (secondary N) is 1. The second kappa shape index (κ2) is 8.14. The van der Waals surface area contributed by atoms with E-state index in [1.165, 1.54) is 0 Å². The molecule has 0 unspecified atom stereocenters. The second-order valence-electron chi connectivity index (χ2n) is 5.26. The number of nitrogens with zero attached hydrogens (tertiary/aromatic N) is 1. The zero-order valence-corrected chi connectivity index (χ0v) is 15.4. The van der Waals surface area contributed by atoms with Crippen LogP contribution in [0.4, 0.5) is 5.69 Å². The maximum absolute atomic E-state index is 12.2. The van der Waals surface area contributed by atoms with Crippen LogP contribution in [0.25, 0.3) is 0 Å². The molecule has 1 heterocycles. The van der Waals surface area contributed by atoms with Crippen LogP contribution in [-0.2, 0) is 6.61 Å². The summed E-state index contributed by atoms with van der Waals surface area (Å²) in [7, 11) is 0. The first kappa shape index (κ1) is 17.5. The molecular formula is C19H14BrClN2O2. The number of rotatable bonds is 5. The number of benzene rings is 2. The third-order valence-electron chi connectivity index (χ3n) is 3.41. The number of hydrogen-bond donors (Lipinski definition) is 1. The Bertz CT molecular complexity index is 850. The van der Waals surface area contributed by atoms with Crippen LogP contribution < -0.4 is 10.1 Å². The minimum absolute atomic E-state index is 0.159. The predicted octanol–water partition coefficient (Wildman–Crippen LogP) is 5.33. The molecule has 1 aromatic heterocycles. The van der Waals surface area contributed by atoms with Gasteiger partial charge in [-0.1, -0.05) is 33.6 Å². The van der Waals surface area contributed by atoms with Gasteiger partial charge < -0.3 is 10.1 Å². The lowest BCUT2D eigenvalue weighted by Crippen LogP contribution is -2.11. The monoisotopic (exact) mass is 416 g/mol. The Balaban J connectivity index is 1.57. The molecule has 25 heavy (non-hydrogen) atoms. The average Bonchev–Trinajstić information content (AvgIpc) is 2.63. The summed E-state index contributed by atoms with van der Waals surface area (Å²) in [6.45, 7) is 0.398. The van der Waals surface area contributed by atoms with Gasteiger partial charge in [-0.3, -0.25) is 4.79 Å².